The number of nitrogens with zero attached hydrogens (tertiary/aromatic N) is 3. The molecule has 0 spiro atoms. The lowest BCUT2D eigenvalue weighted by atomic mass is 9.78. The maximum atomic E-state index is 15.4. The number of halogens is 3. The molecule has 1 aliphatic carbocycles. The highest BCUT2D eigenvalue weighted by atomic mass is 35.5. The molecular weight excluding hydrogens is 452 g/mol. The van der Waals surface area contributed by atoms with Gasteiger partial charge in [-0.25, -0.2) is 9.18 Å². The van der Waals surface area contributed by atoms with Crippen molar-refractivity contribution in [2.45, 2.75) is 64.1 Å². The molecule has 8 heteroatoms. The number of rotatable bonds is 5. The minimum Gasteiger partial charge on any atom is -0.442 e. The molecule has 0 aromatic heterocycles. The highest BCUT2D eigenvalue weighted by Gasteiger charge is 2.35. The third-order valence-electron chi connectivity index (χ3n) is 6.23. The summed E-state index contributed by atoms with van der Waals surface area (Å²) in [5.41, 5.74) is -0.725. The molecular formula is C24H34Cl2FN3O2. The fourth-order valence-corrected chi connectivity index (χ4v) is 4.73. The fraction of sp³-hybridized carbons (Fsp3) is 0.667. The predicted molar refractivity (Wildman–Crippen MR) is 130 cm³/mol. The molecule has 1 aromatic carbocycles. The molecule has 0 atom stereocenters. The number of hydrogen-bond acceptors (Lipinski definition) is 4. The van der Waals surface area contributed by atoms with Crippen LogP contribution < -0.4 is 4.90 Å². The Morgan fingerprint density at radius 2 is 1.88 bits per heavy atom. The van der Waals surface area contributed by atoms with E-state index in [1.807, 2.05) is 32.9 Å². The minimum absolute atomic E-state index is 0.136. The Morgan fingerprint density at radius 3 is 2.50 bits per heavy atom. The number of aliphatic imine (C=N–C) groups is 1. The van der Waals surface area contributed by atoms with Gasteiger partial charge in [-0.1, -0.05) is 29.3 Å². The van der Waals surface area contributed by atoms with Crippen LogP contribution in [0.2, 0.25) is 10.0 Å². The van der Waals surface area contributed by atoms with Crippen LogP contribution in [0.1, 0.15) is 52.9 Å². The molecule has 0 unspecified atom stereocenters. The summed E-state index contributed by atoms with van der Waals surface area (Å²) in [6.07, 6.45) is 4.06. The molecule has 0 radical (unpaired) electrons. The molecule has 5 nitrogen and oxygen atoms in total. The number of alkyl halides is 1. The Kier molecular flexibility index (Phi) is 8.45. The summed E-state index contributed by atoms with van der Waals surface area (Å²) in [6, 6.07) is 5.70. The van der Waals surface area contributed by atoms with Gasteiger partial charge < -0.3 is 9.64 Å². The molecule has 1 aromatic rings. The van der Waals surface area contributed by atoms with Gasteiger partial charge in [-0.15, -0.1) is 0 Å². The van der Waals surface area contributed by atoms with Crippen LogP contribution in [0, 0.1) is 5.92 Å². The zero-order valence-electron chi connectivity index (χ0n) is 19.2. The summed E-state index contributed by atoms with van der Waals surface area (Å²) in [5.74, 6) is 0.136. The summed E-state index contributed by atoms with van der Waals surface area (Å²) in [5, 5.41) is 1.16. The average Bonchev–Trinajstić information content (AvgIpc) is 2.73. The number of piperazine rings is 1. The van der Waals surface area contributed by atoms with Gasteiger partial charge in [0.25, 0.3) is 0 Å². The Balaban J connectivity index is 1.40. The standard InChI is InChI=1S/C24H34Cl2FN3O2/c1-23(2,3)32-22(31)28-17-18-7-9-24(27,10-8-18)11-12-29-13-15-30(16-14-29)20-6-4-5-19(25)21(20)26/h4-6,17-18H,7-16H2,1-3H3. The maximum absolute atomic E-state index is 15.4. The van der Waals surface area contributed by atoms with Crippen molar-refractivity contribution in [1.82, 2.24) is 4.90 Å². The Labute approximate surface area is 200 Å². The summed E-state index contributed by atoms with van der Waals surface area (Å²) in [4.78, 5) is 20.2. The molecule has 2 aliphatic rings. The second kappa shape index (κ2) is 10.7. The summed E-state index contributed by atoms with van der Waals surface area (Å²) in [6.45, 7) is 9.64. The molecule has 3 rings (SSSR count). The van der Waals surface area contributed by atoms with Gasteiger partial charge in [-0.2, -0.15) is 4.99 Å². The van der Waals surface area contributed by atoms with Gasteiger partial charge in [0.05, 0.1) is 15.7 Å². The number of amides is 1. The molecule has 1 saturated carbocycles. The Bertz CT molecular complexity index is 812. The SMILES string of the molecule is CC(C)(C)OC(=O)N=CC1CCC(F)(CCN2CCN(c3cccc(Cl)c3Cl)CC2)CC1. The number of ether oxygens (including phenoxy) is 1. The Morgan fingerprint density at radius 1 is 1.22 bits per heavy atom. The van der Waals surface area contributed by atoms with Crippen LogP contribution in [0.4, 0.5) is 14.9 Å². The van der Waals surface area contributed by atoms with Crippen molar-refractivity contribution in [2.24, 2.45) is 10.9 Å². The lowest BCUT2D eigenvalue weighted by Gasteiger charge is -2.39. The van der Waals surface area contributed by atoms with Crippen LogP contribution in [0.15, 0.2) is 23.2 Å². The zero-order valence-corrected chi connectivity index (χ0v) is 20.8. The van der Waals surface area contributed by atoms with Gasteiger partial charge in [0.1, 0.15) is 11.3 Å². The topological polar surface area (TPSA) is 45.1 Å². The van der Waals surface area contributed by atoms with Crippen molar-refractivity contribution < 1.29 is 13.9 Å². The van der Waals surface area contributed by atoms with Crippen LogP contribution in [0.3, 0.4) is 0 Å². The maximum Gasteiger partial charge on any atom is 0.433 e. The van der Waals surface area contributed by atoms with E-state index in [1.165, 1.54) is 0 Å². The van der Waals surface area contributed by atoms with Crippen molar-refractivity contribution >= 4 is 41.2 Å². The molecule has 0 bridgehead atoms. The van der Waals surface area contributed by atoms with Crippen molar-refractivity contribution in [3.8, 4) is 0 Å². The summed E-state index contributed by atoms with van der Waals surface area (Å²) < 4.78 is 20.5. The van der Waals surface area contributed by atoms with Crippen molar-refractivity contribution in [3.63, 3.8) is 0 Å². The van der Waals surface area contributed by atoms with Gasteiger partial charge >= 0.3 is 6.09 Å². The predicted octanol–water partition coefficient (Wildman–Crippen LogP) is 6.41. The van der Waals surface area contributed by atoms with E-state index >= 15 is 4.39 Å². The molecule has 1 saturated heterocycles. The van der Waals surface area contributed by atoms with E-state index in [4.69, 9.17) is 27.9 Å². The third kappa shape index (κ3) is 7.32. The monoisotopic (exact) mass is 485 g/mol. The first-order valence-electron chi connectivity index (χ1n) is 11.4. The van der Waals surface area contributed by atoms with E-state index in [1.54, 1.807) is 12.3 Å². The molecule has 1 amide bonds. The second-order valence-corrected chi connectivity index (χ2v) is 10.7. The van der Waals surface area contributed by atoms with Crippen LogP contribution in [-0.2, 0) is 4.74 Å². The fourth-order valence-electron chi connectivity index (χ4n) is 4.32. The first kappa shape index (κ1) is 25.3. The Hall–Kier alpha value is -1.37. The number of hydrogen-bond donors (Lipinski definition) is 0. The van der Waals surface area contributed by atoms with Crippen LogP contribution >= 0.6 is 23.2 Å². The van der Waals surface area contributed by atoms with Crippen molar-refractivity contribution in [1.29, 1.82) is 0 Å². The average molecular weight is 486 g/mol. The van der Waals surface area contributed by atoms with Crippen LogP contribution in [0.25, 0.3) is 0 Å². The molecule has 1 heterocycles. The van der Waals surface area contributed by atoms with Gasteiger partial charge in [-0.3, -0.25) is 4.90 Å². The molecule has 2 fully saturated rings. The summed E-state index contributed by atoms with van der Waals surface area (Å²) in [7, 11) is 0. The van der Waals surface area contributed by atoms with Gasteiger partial charge in [0.2, 0.25) is 0 Å². The smallest absolute Gasteiger partial charge is 0.433 e. The molecule has 32 heavy (non-hydrogen) atoms. The largest absolute Gasteiger partial charge is 0.442 e. The van der Waals surface area contributed by atoms with E-state index in [0.717, 1.165) is 38.4 Å². The highest BCUT2D eigenvalue weighted by Crippen LogP contribution is 2.37. The first-order valence-corrected chi connectivity index (χ1v) is 12.2. The molecule has 0 N–H and O–H groups in total. The van der Waals surface area contributed by atoms with Crippen molar-refractivity contribution in [2.75, 3.05) is 37.6 Å². The first-order chi connectivity index (χ1) is 15.0. The van der Waals surface area contributed by atoms with E-state index in [-0.39, 0.29) is 5.92 Å². The molecule has 178 valence electrons. The zero-order chi connectivity index (χ0) is 23.4. The quantitative estimate of drug-likeness (QED) is 0.451. The molecule has 1 aliphatic heterocycles. The van der Waals surface area contributed by atoms with E-state index < -0.39 is 17.4 Å². The van der Waals surface area contributed by atoms with E-state index in [9.17, 15) is 4.79 Å². The lowest BCUT2D eigenvalue weighted by Crippen LogP contribution is -2.48. The number of anilines is 1. The van der Waals surface area contributed by atoms with Crippen LogP contribution in [-0.4, -0.2) is 61.2 Å². The normalized spacial score (nSPS) is 25.3. The lowest BCUT2D eigenvalue weighted by molar-refractivity contribution is 0.0601. The van der Waals surface area contributed by atoms with Crippen LogP contribution in [0.5, 0.6) is 0 Å². The minimum atomic E-state index is -1.14. The van der Waals surface area contributed by atoms with Crippen molar-refractivity contribution in [3.05, 3.63) is 28.2 Å². The third-order valence-corrected chi connectivity index (χ3v) is 7.04. The van der Waals surface area contributed by atoms with Gasteiger partial charge in [0, 0.05) is 38.9 Å². The van der Waals surface area contributed by atoms with E-state index in [0.29, 0.717) is 42.1 Å². The summed E-state index contributed by atoms with van der Waals surface area (Å²) >= 11 is 12.5. The van der Waals surface area contributed by atoms with Gasteiger partial charge in [-0.05, 0) is 70.9 Å². The number of benzene rings is 1. The number of carbonyl (C=O) groups is 1. The highest BCUT2D eigenvalue weighted by molar-refractivity contribution is 6.43. The van der Waals surface area contributed by atoms with Gasteiger partial charge in [0.15, 0.2) is 0 Å². The number of carbonyl (C=O) groups excluding carboxylic acids is 1. The van der Waals surface area contributed by atoms with E-state index in [2.05, 4.69) is 14.8 Å². The second-order valence-electron chi connectivity index (χ2n) is 9.90.